The maximum atomic E-state index is 11.8. The minimum absolute atomic E-state index is 0.357. The summed E-state index contributed by atoms with van der Waals surface area (Å²) in [6.07, 6.45) is 1.90. The summed E-state index contributed by atoms with van der Waals surface area (Å²) in [6, 6.07) is 5.07. The van der Waals surface area contributed by atoms with Gasteiger partial charge in [-0.05, 0) is 24.1 Å². The first-order chi connectivity index (χ1) is 8.98. The van der Waals surface area contributed by atoms with Crippen molar-refractivity contribution in [1.82, 2.24) is 10.2 Å². The maximum absolute atomic E-state index is 11.8. The highest BCUT2D eigenvalue weighted by Crippen LogP contribution is 2.24. The van der Waals surface area contributed by atoms with E-state index in [0.717, 1.165) is 38.3 Å². The Kier molecular flexibility index (Phi) is 4.84. The Bertz CT molecular complexity index is 540. The molecule has 1 fully saturated rings. The fraction of sp³-hybridized carbons (Fsp3) is 0.538. The zero-order valence-corrected chi connectivity index (χ0v) is 12.6. The van der Waals surface area contributed by atoms with E-state index in [1.54, 1.807) is 18.2 Å². The van der Waals surface area contributed by atoms with E-state index in [-0.39, 0.29) is 0 Å². The molecule has 1 aromatic rings. The van der Waals surface area contributed by atoms with Crippen molar-refractivity contribution in [1.29, 1.82) is 0 Å². The van der Waals surface area contributed by atoms with Crippen LogP contribution in [0.2, 0.25) is 5.02 Å². The lowest BCUT2D eigenvalue weighted by atomic mass is 10.1. The number of hydrogen-bond donors (Lipinski definition) is 1. The molecule has 1 aliphatic rings. The van der Waals surface area contributed by atoms with Gasteiger partial charge in [-0.2, -0.15) is 0 Å². The van der Waals surface area contributed by atoms with Gasteiger partial charge in [0.25, 0.3) is 0 Å². The molecule has 0 amide bonds. The third-order valence-electron chi connectivity index (χ3n) is 3.36. The zero-order chi connectivity index (χ0) is 13.9. The van der Waals surface area contributed by atoms with E-state index in [4.69, 9.17) is 11.6 Å². The first-order valence-electron chi connectivity index (χ1n) is 6.39. The van der Waals surface area contributed by atoms with Crippen LogP contribution in [0.1, 0.15) is 5.56 Å². The number of benzene rings is 1. The van der Waals surface area contributed by atoms with Crippen molar-refractivity contribution in [3.8, 4) is 0 Å². The summed E-state index contributed by atoms with van der Waals surface area (Å²) in [5, 5.41) is 3.84. The average molecular weight is 303 g/mol. The molecule has 2 rings (SSSR count). The maximum Gasteiger partial charge on any atom is 0.175 e. The van der Waals surface area contributed by atoms with Crippen LogP contribution in [0, 0.1) is 0 Å². The molecule has 106 valence electrons. The van der Waals surface area contributed by atoms with Gasteiger partial charge in [0, 0.05) is 44.0 Å². The van der Waals surface area contributed by atoms with E-state index in [2.05, 4.69) is 10.2 Å². The molecule has 0 aliphatic carbocycles. The van der Waals surface area contributed by atoms with Gasteiger partial charge >= 0.3 is 0 Å². The molecule has 0 saturated carbocycles. The van der Waals surface area contributed by atoms with Gasteiger partial charge in [-0.1, -0.05) is 17.7 Å². The predicted molar refractivity (Wildman–Crippen MR) is 77.6 cm³/mol. The van der Waals surface area contributed by atoms with Gasteiger partial charge in [-0.3, -0.25) is 0 Å². The number of piperazine rings is 1. The molecule has 0 unspecified atom stereocenters. The van der Waals surface area contributed by atoms with Crippen molar-refractivity contribution in [2.24, 2.45) is 0 Å². The van der Waals surface area contributed by atoms with Gasteiger partial charge < -0.3 is 10.2 Å². The lowest BCUT2D eigenvalue weighted by Crippen LogP contribution is -2.44. The number of nitrogens with one attached hydrogen (secondary N) is 1. The molecule has 0 radical (unpaired) electrons. The third kappa shape index (κ3) is 3.92. The number of hydrogen-bond acceptors (Lipinski definition) is 4. The standard InChI is InChI=1S/C13H19ClN2O2S/c1-19(17,18)13-4-2-3-12(14)11(13)5-8-16-9-6-15-7-10-16/h2-4,15H,5-10H2,1H3. The normalized spacial score (nSPS) is 17.6. The summed E-state index contributed by atoms with van der Waals surface area (Å²) < 4.78 is 23.5. The second kappa shape index (κ2) is 6.22. The molecule has 1 aromatic carbocycles. The third-order valence-corrected chi connectivity index (χ3v) is 4.90. The quantitative estimate of drug-likeness (QED) is 0.908. The summed E-state index contributed by atoms with van der Waals surface area (Å²) >= 11 is 6.16. The van der Waals surface area contributed by atoms with Crippen molar-refractivity contribution in [2.75, 3.05) is 39.0 Å². The van der Waals surface area contributed by atoms with Crippen LogP contribution < -0.4 is 5.32 Å². The Morgan fingerprint density at radius 3 is 2.63 bits per heavy atom. The van der Waals surface area contributed by atoms with E-state index in [9.17, 15) is 8.42 Å². The molecular weight excluding hydrogens is 284 g/mol. The van der Waals surface area contributed by atoms with Crippen LogP contribution in [-0.4, -0.2) is 52.3 Å². The van der Waals surface area contributed by atoms with Crippen molar-refractivity contribution < 1.29 is 8.42 Å². The molecule has 0 atom stereocenters. The van der Waals surface area contributed by atoms with Crippen LogP contribution in [-0.2, 0) is 16.3 Å². The number of rotatable bonds is 4. The Hall–Kier alpha value is -0.620. The van der Waals surface area contributed by atoms with E-state index in [1.165, 1.54) is 6.26 Å². The van der Waals surface area contributed by atoms with E-state index in [1.807, 2.05) is 0 Å². The first kappa shape index (κ1) is 14.8. The molecule has 19 heavy (non-hydrogen) atoms. The summed E-state index contributed by atoms with van der Waals surface area (Å²) in [7, 11) is -3.22. The molecule has 1 aliphatic heterocycles. The monoisotopic (exact) mass is 302 g/mol. The minimum Gasteiger partial charge on any atom is -0.314 e. The summed E-state index contributed by atoms with van der Waals surface area (Å²) in [5.74, 6) is 0. The highest BCUT2D eigenvalue weighted by molar-refractivity contribution is 7.90. The van der Waals surface area contributed by atoms with Crippen LogP contribution in [0.3, 0.4) is 0 Å². The highest BCUT2D eigenvalue weighted by atomic mass is 35.5. The minimum atomic E-state index is -3.22. The summed E-state index contributed by atoms with van der Waals surface area (Å²) in [6.45, 7) is 4.81. The second-order valence-electron chi connectivity index (χ2n) is 4.83. The number of sulfone groups is 1. The molecule has 0 bridgehead atoms. The predicted octanol–water partition coefficient (Wildman–Crippen LogP) is 1.19. The highest BCUT2D eigenvalue weighted by Gasteiger charge is 2.17. The van der Waals surface area contributed by atoms with Gasteiger partial charge in [-0.25, -0.2) is 8.42 Å². The zero-order valence-electron chi connectivity index (χ0n) is 11.0. The lowest BCUT2D eigenvalue weighted by molar-refractivity contribution is 0.243. The fourth-order valence-electron chi connectivity index (χ4n) is 2.33. The van der Waals surface area contributed by atoms with Gasteiger partial charge in [0.15, 0.2) is 9.84 Å². The fourth-order valence-corrected chi connectivity index (χ4v) is 3.64. The van der Waals surface area contributed by atoms with Crippen molar-refractivity contribution in [3.63, 3.8) is 0 Å². The Morgan fingerprint density at radius 1 is 1.32 bits per heavy atom. The number of nitrogens with zero attached hydrogens (tertiary/aromatic N) is 1. The SMILES string of the molecule is CS(=O)(=O)c1cccc(Cl)c1CCN1CCNCC1. The molecule has 1 heterocycles. The van der Waals surface area contributed by atoms with Crippen LogP contribution in [0.5, 0.6) is 0 Å². The molecule has 1 N–H and O–H groups in total. The van der Waals surface area contributed by atoms with Crippen LogP contribution >= 0.6 is 11.6 Å². The first-order valence-corrected chi connectivity index (χ1v) is 8.66. The Balaban J connectivity index is 2.15. The van der Waals surface area contributed by atoms with E-state index in [0.29, 0.717) is 16.3 Å². The van der Waals surface area contributed by atoms with Gasteiger partial charge in [0.2, 0.25) is 0 Å². The average Bonchev–Trinajstić information content (AvgIpc) is 2.37. The molecule has 0 aromatic heterocycles. The molecule has 4 nitrogen and oxygen atoms in total. The van der Waals surface area contributed by atoms with Gasteiger partial charge in [-0.15, -0.1) is 0 Å². The van der Waals surface area contributed by atoms with Crippen LogP contribution in [0.25, 0.3) is 0 Å². The largest absolute Gasteiger partial charge is 0.314 e. The van der Waals surface area contributed by atoms with Crippen molar-refractivity contribution in [2.45, 2.75) is 11.3 Å². The molecule has 1 saturated heterocycles. The summed E-state index contributed by atoms with van der Waals surface area (Å²) in [5.41, 5.74) is 0.741. The Morgan fingerprint density at radius 2 is 2.00 bits per heavy atom. The van der Waals surface area contributed by atoms with Gasteiger partial charge in [0.05, 0.1) is 4.90 Å². The summed E-state index contributed by atoms with van der Waals surface area (Å²) in [4.78, 5) is 2.68. The van der Waals surface area contributed by atoms with Gasteiger partial charge in [0.1, 0.15) is 0 Å². The second-order valence-corrected chi connectivity index (χ2v) is 7.22. The van der Waals surface area contributed by atoms with Crippen molar-refractivity contribution in [3.05, 3.63) is 28.8 Å². The molecule has 0 spiro atoms. The van der Waals surface area contributed by atoms with Crippen LogP contribution in [0.4, 0.5) is 0 Å². The topological polar surface area (TPSA) is 49.4 Å². The van der Waals surface area contributed by atoms with E-state index < -0.39 is 9.84 Å². The number of halogens is 1. The smallest absolute Gasteiger partial charge is 0.175 e. The Labute approximate surface area is 119 Å². The van der Waals surface area contributed by atoms with E-state index >= 15 is 0 Å². The molecule has 6 heteroatoms. The van der Waals surface area contributed by atoms with Crippen molar-refractivity contribution >= 4 is 21.4 Å². The van der Waals surface area contributed by atoms with Crippen LogP contribution in [0.15, 0.2) is 23.1 Å². The lowest BCUT2D eigenvalue weighted by Gasteiger charge is -2.27. The molecular formula is C13H19ClN2O2S.